The zero-order chi connectivity index (χ0) is 22.4. The van der Waals surface area contributed by atoms with Gasteiger partial charge in [-0.2, -0.15) is 10.2 Å². The number of hydrogen-bond acceptors (Lipinski definition) is 6. The van der Waals surface area contributed by atoms with Gasteiger partial charge in [0.05, 0.1) is 29.0 Å². The molecule has 1 atom stereocenters. The van der Waals surface area contributed by atoms with E-state index in [2.05, 4.69) is 25.4 Å². The van der Waals surface area contributed by atoms with Crippen molar-refractivity contribution >= 4 is 22.8 Å². The molecule has 168 valence electrons. The Morgan fingerprint density at radius 3 is 2.85 bits per heavy atom. The Morgan fingerprint density at radius 1 is 1.09 bits per heavy atom. The van der Waals surface area contributed by atoms with E-state index in [0.29, 0.717) is 28.3 Å². The van der Waals surface area contributed by atoms with Crippen LogP contribution in [-0.4, -0.2) is 56.5 Å². The van der Waals surface area contributed by atoms with Gasteiger partial charge in [0.2, 0.25) is 0 Å². The van der Waals surface area contributed by atoms with Crippen LogP contribution in [0.4, 0.5) is 8.78 Å². The number of fused-ring (bicyclic) bond motifs is 2. The summed E-state index contributed by atoms with van der Waals surface area (Å²) in [7, 11) is 0. The third-order valence-corrected chi connectivity index (χ3v) is 6.59. The predicted octanol–water partition coefficient (Wildman–Crippen LogP) is 3.28. The van der Waals surface area contributed by atoms with E-state index in [9.17, 15) is 4.39 Å². The Kier molecular flexibility index (Phi) is 4.98. The molecule has 0 aliphatic carbocycles. The lowest BCUT2D eigenvalue weighted by molar-refractivity contribution is 0.181. The van der Waals surface area contributed by atoms with Gasteiger partial charge in [-0.1, -0.05) is 0 Å². The molecule has 0 spiro atoms. The minimum absolute atomic E-state index is 0.0102. The second-order valence-electron chi connectivity index (χ2n) is 8.65. The van der Waals surface area contributed by atoms with Crippen LogP contribution < -0.4 is 5.32 Å². The SMILES string of the molecule is Fc1cc2ncccc2c(F)c1Cc1cnc2ccc(C3C=NN(C4CCNCC4)C3)nn12. The Labute approximate surface area is 189 Å². The Morgan fingerprint density at radius 2 is 1.97 bits per heavy atom. The van der Waals surface area contributed by atoms with Crippen LogP contribution in [-0.2, 0) is 6.42 Å². The standard InChI is InChI=1S/C24H23F2N7/c25-20-11-22-18(2-1-7-28-22)24(26)19(20)10-17-13-29-23-4-3-21(31-33(17)23)15-12-30-32(14-15)16-5-8-27-9-6-16/h1-4,7,11-13,15-16,27H,5-6,8-10,14H2. The Hall–Kier alpha value is -3.46. The maximum absolute atomic E-state index is 15.1. The number of imidazole rings is 1. The number of aromatic nitrogens is 4. The van der Waals surface area contributed by atoms with Crippen molar-refractivity contribution in [3.8, 4) is 0 Å². The van der Waals surface area contributed by atoms with Gasteiger partial charge in [-0.3, -0.25) is 9.99 Å². The third-order valence-electron chi connectivity index (χ3n) is 6.59. The summed E-state index contributed by atoms with van der Waals surface area (Å²) in [5.74, 6) is -1.14. The number of rotatable bonds is 4. The summed E-state index contributed by atoms with van der Waals surface area (Å²) in [6, 6.07) is 8.83. The Bertz CT molecular complexity index is 1360. The molecule has 6 rings (SSSR count). The lowest BCUT2D eigenvalue weighted by Crippen LogP contribution is -2.40. The monoisotopic (exact) mass is 447 g/mol. The molecule has 33 heavy (non-hydrogen) atoms. The lowest BCUT2D eigenvalue weighted by Gasteiger charge is -2.30. The molecular formula is C24H23F2N7. The van der Waals surface area contributed by atoms with E-state index in [1.165, 1.54) is 12.3 Å². The van der Waals surface area contributed by atoms with Crippen LogP contribution >= 0.6 is 0 Å². The van der Waals surface area contributed by atoms with Crippen molar-refractivity contribution in [2.24, 2.45) is 5.10 Å². The topological polar surface area (TPSA) is 70.7 Å². The third kappa shape index (κ3) is 3.62. The quantitative estimate of drug-likeness (QED) is 0.520. The second-order valence-corrected chi connectivity index (χ2v) is 8.65. The molecule has 0 saturated carbocycles. The van der Waals surface area contributed by atoms with Gasteiger partial charge in [-0.05, 0) is 50.2 Å². The summed E-state index contributed by atoms with van der Waals surface area (Å²) in [6.45, 7) is 2.82. The molecule has 1 N–H and O–H groups in total. The van der Waals surface area contributed by atoms with Crippen LogP contribution in [0, 0.1) is 11.6 Å². The maximum Gasteiger partial charge on any atom is 0.153 e. The van der Waals surface area contributed by atoms with Crippen LogP contribution in [0.3, 0.4) is 0 Å². The molecule has 0 radical (unpaired) electrons. The second kappa shape index (κ2) is 8.15. The summed E-state index contributed by atoms with van der Waals surface area (Å²) in [5, 5.41) is 15.3. The van der Waals surface area contributed by atoms with Crippen LogP contribution in [0.5, 0.6) is 0 Å². The molecule has 1 aromatic carbocycles. The minimum atomic E-state index is -0.620. The summed E-state index contributed by atoms with van der Waals surface area (Å²) in [6.07, 6.45) is 7.31. The van der Waals surface area contributed by atoms with Crippen LogP contribution in [0.1, 0.15) is 35.7 Å². The fraction of sp³-hybridized carbons (Fsp3) is 0.333. The van der Waals surface area contributed by atoms with Crippen molar-refractivity contribution < 1.29 is 8.78 Å². The molecule has 1 fully saturated rings. The molecule has 7 nitrogen and oxygen atoms in total. The molecule has 3 aromatic heterocycles. The fourth-order valence-electron chi connectivity index (χ4n) is 4.77. The average Bonchev–Trinajstić information content (AvgIpc) is 3.50. The van der Waals surface area contributed by atoms with E-state index in [4.69, 9.17) is 5.10 Å². The first kappa shape index (κ1) is 20.2. The Balaban J connectivity index is 1.29. The number of piperidine rings is 1. The first-order chi connectivity index (χ1) is 16.2. The van der Waals surface area contributed by atoms with Gasteiger partial charge >= 0.3 is 0 Å². The summed E-state index contributed by atoms with van der Waals surface area (Å²) in [4.78, 5) is 8.44. The van der Waals surface area contributed by atoms with E-state index in [1.54, 1.807) is 22.8 Å². The smallest absolute Gasteiger partial charge is 0.153 e. The molecule has 1 saturated heterocycles. The highest BCUT2D eigenvalue weighted by molar-refractivity contribution is 5.80. The summed E-state index contributed by atoms with van der Waals surface area (Å²) >= 11 is 0. The molecule has 0 amide bonds. The average molecular weight is 447 g/mol. The number of halogens is 2. The zero-order valence-electron chi connectivity index (χ0n) is 18.0. The van der Waals surface area contributed by atoms with Gasteiger partial charge in [0.25, 0.3) is 0 Å². The number of benzene rings is 1. The van der Waals surface area contributed by atoms with Crippen LogP contribution in [0.25, 0.3) is 16.6 Å². The van der Waals surface area contributed by atoms with Gasteiger partial charge < -0.3 is 5.32 Å². The van der Waals surface area contributed by atoms with Crippen molar-refractivity contribution in [1.29, 1.82) is 0 Å². The van der Waals surface area contributed by atoms with Crippen molar-refractivity contribution in [2.45, 2.75) is 31.2 Å². The lowest BCUT2D eigenvalue weighted by atomic mass is 10.0. The highest BCUT2D eigenvalue weighted by Crippen LogP contribution is 2.27. The zero-order valence-corrected chi connectivity index (χ0v) is 18.0. The highest BCUT2D eigenvalue weighted by Gasteiger charge is 2.28. The number of nitrogens with one attached hydrogen (secondary N) is 1. The maximum atomic E-state index is 15.1. The highest BCUT2D eigenvalue weighted by atomic mass is 19.1. The minimum Gasteiger partial charge on any atom is -0.317 e. The summed E-state index contributed by atoms with van der Waals surface area (Å²) in [5.41, 5.74) is 2.42. The van der Waals surface area contributed by atoms with E-state index in [1.807, 2.05) is 18.3 Å². The molecule has 9 heteroatoms. The van der Waals surface area contributed by atoms with E-state index >= 15 is 4.39 Å². The van der Waals surface area contributed by atoms with Gasteiger partial charge in [0.1, 0.15) is 11.6 Å². The number of hydrazone groups is 1. The molecule has 4 aromatic rings. The molecule has 0 bridgehead atoms. The van der Waals surface area contributed by atoms with Gasteiger partial charge in [0, 0.05) is 48.4 Å². The molecule has 5 heterocycles. The van der Waals surface area contributed by atoms with Crippen molar-refractivity contribution in [3.05, 3.63) is 71.3 Å². The van der Waals surface area contributed by atoms with E-state index in [0.717, 1.165) is 38.2 Å². The van der Waals surface area contributed by atoms with Gasteiger partial charge in [-0.25, -0.2) is 18.3 Å². The normalized spacial score (nSPS) is 19.2. The largest absolute Gasteiger partial charge is 0.317 e. The van der Waals surface area contributed by atoms with Crippen LogP contribution in [0.2, 0.25) is 0 Å². The van der Waals surface area contributed by atoms with Gasteiger partial charge in [-0.15, -0.1) is 0 Å². The van der Waals surface area contributed by atoms with Crippen LogP contribution in [0.15, 0.2) is 47.8 Å². The van der Waals surface area contributed by atoms with E-state index in [-0.39, 0.29) is 17.9 Å². The van der Waals surface area contributed by atoms with Gasteiger partial charge in [0.15, 0.2) is 5.65 Å². The molecule has 1 unspecified atom stereocenters. The number of pyridine rings is 1. The molecule has 2 aliphatic rings. The van der Waals surface area contributed by atoms with Crippen molar-refractivity contribution in [1.82, 2.24) is 29.9 Å². The first-order valence-corrected chi connectivity index (χ1v) is 11.2. The van der Waals surface area contributed by atoms with Crippen molar-refractivity contribution in [3.63, 3.8) is 0 Å². The fourth-order valence-corrected chi connectivity index (χ4v) is 4.77. The number of hydrogen-bond donors (Lipinski definition) is 1. The molecule has 2 aliphatic heterocycles. The van der Waals surface area contributed by atoms with E-state index < -0.39 is 11.6 Å². The number of nitrogens with zero attached hydrogens (tertiary/aromatic N) is 6. The predicted molar refractivity (Wildman–Crippen MR) is 121 cm³/mol. The summed E-state index contributed by atoms with van der Waals surface area (Å²) < 4.78 is 31.6. The van der Waals surface area contributed by atoms with Crippen molar-refractivity contribution in [2.75, 3.05) is 19.6 Å². The molecular weight excluding hydrogens is 424 g/mol. The first-order valence-electron chi connectivity index (χ1n) is 11.2.